The Balaban J connectivity index is 1.72. The molecule has 0 bridgehead atoms. The molecule has 31 heavy (non-hydrogen) atoms. The summed E-state index contributed by atoms with van der Waals surface area (Å²) < 4.78 is 0. The molecule has 1 aromatic heterocycles. The van der Waals surface area contributed by atoms with Crippen LogP contribution >= 0.6 is 11.3 Å². The Morgan fingerprint density at radius 1 is 1.16 bits per heavy atom. The van der Waals surface area contributed by atoms with Crippen LogP contribution in [0.15, 0.2) is 41.8 Å². The summed E-state index contributed by atoms with van der Waals surface area (Å²) in [6.45, 7) is 3.89. The third kappa shape index (κ3) is 5.58. The Bertz CT molecular complexity index is 949. The predicted molar refractivity (Wildman–Crippen MR) is 123 cm³/mol. The number of nitrogens with zero attached hydrogens (tertiary/aromatic N) is 2. The first-order valence-electron chi connectivity index (χ1n) is 10.5. The van der Waals surface area contributed by atoms with E-state index in [2.05, 4.69) is 15.6 Å². The molecule has 0 atom stereocenters. The first-order chi connectivity index (χ1) is 14.9. The first kappa shape index (κ1) is 22.7. The topological polar surface area (TPSA) is 91.4 Å². The lowest BCUT2D eigenvalue weighted by molar-refractivity contribution is -0.133. The maximum atomic E-state index is 12.6. The van der Waals surface area contributed by atoms with Crippen LogP contribution in [0.25, 0.3) is 6.08 Å². The molecular weight excluding hydrogens is 412 g/mol. The van der Waals surface area contributed by atoms with Gasteiger partial charge in [0.15, 0.2) is 5.13 Å². The van der Waals surface area contributed by atoms with Gasteiger partial charge in [-0.05, 0) is 38.0 Å². The number of amides is 3. The van der Waals surface area contributed by atoms with Crippen LogP contribution in [0.3, 0.4) is 0 Å². The van der Waals surface area contributed by atoms with Crippen molar-refractivity contribution in [1.82, 2.24) is 15.6 Å². The van der Waals surface area contributed by atoms with Gasteiger partial charge < -0.3 is 10.6 Å². The fourth-order valence-electron chi connectivity index (χ4n) is 3.79. The molecule has 0 radical (unpaired) electrons. The monoisotopic (exact) mass is 440 g/mol. The van der Waals surface area contributed by atoms with Gasteiger partial charge in [0.05, 0.1) is 11.4 Å². The molecule has 0 aliphatic heterocycles. The van der Waals surface area contributed by atoms with Crippen molar-refractivity contribution < 1.29 is 14.4 Å². The molecule has 1 heterocycles. The number of hydrogen-bond acceptors (Lipinski definition) is 5. The number of carbonyl (C=O) groups excluding carboxylic acids is 3. The summed E-state index contributed by atoms with van der Waals surface area (Å²) >= 11 is 1.33. The fourth-order valence-corrected chi connectivity index (χ4v) is 4.65. The largest absolute Gasteiger partial charge is 0.354 e. The minimum atomic E-state index is -0.846. The Morgan fingerprint density at radius 3 is 2.52 bits per heavy atom. The number of nitrogens with one attached hydrogen (secondary N) is 2. The van der Waals surface area contributed by atoms with E-state index in [4.69, 9.17) is 0 Å². The quantitative estimate of drug-likeness (QED) is 0.641. The summed E-state index contributed by atoms with van der Waals surface area (Å²) in [5, 5.41) is 8.11. The second-order valence-electron chi connectivity index (χ2n) is 7.57. The molecule has 1 aliphatic carbocycles. The molecule has 1 aliphatic rings. The number of para-hydroxylation sites is 1. The van der Waals surface area contributed by atoms with Crippen LogP contribution in [-0.2, 0) is 14.4 Å². The van der Waals surface area contributed by atoms with Crippen molar-refractivity contribution in [1.29, 1.82) is 0 Å². The van der Waals surface area contributed by atoms with Crippen LogP contribution in [0, 0.1) is 0 Å². The number of thiazole rings is 1. The average Bonchev–Trinajstić information content (AvgIpc) is 3.22. The summed E-state index contributed by atoms with van der Waals surface area (Å²) in [6, 6.07) is 9.30. The standard InChI is InChI=1S/C23H28N4O3S/c1-3-24-21(30)23(14-8-5-9-15-23)26-20(29)13-12-18-16-31-22(25-18)27(17(2)28)19-10-6-4-7-11-19/h4,6-7,10-13,16H,3,5,8-9,14-15H2,1-2H3,(H,24,30)(H,26,29). The summed E-state index contributed by atoms with van der Waals surface area (Å²) in [5.41, 5.74) is 0.466. The molecule has 1 aromatic carbocycles. The molecule has 164 valence electrons. The molecule has 2 N–H and O–H groups in total. The van der Waals surface area contributed by atoms with Crippen molar-refractivity contribution in [2.24, 2.45) is 0 Å². The van der Waals surface area contributed by atoms with Gasteiger partial charge in [-0.25, -0.2) is 4.98 Å². The summed E-state index contributed by atoms with van der Waals surface area (Å²) in [6.07, 6.45) is 7.19. The van der Waals surface area contributed by atoms with E-state index in [9.17, 15) is 14.4 Å². The molecule has 3 rings (SSSR count). The van der Waals surface area contributed by atoms with Gasteiger partial charge in [-0.1, -0.05) is 37.5 Å². The van der Waals surface area contributed by atoms with E-state index >= 15 is 0 Å². The van der Waals surface area contributed by atoms with Gasteiger partial charge in [0.2, 0.25) is 17.7 Å². The maximum Gasteiger partial charge on any atom is 0.245 e. The lowest BCUT2D eigenvalue weighted by atomic mass is 9.80. The highest BCUT2D eigenvalue weighted by molar-refractivity contribution is 7.14. The summed E-state index contributed by atoms with van der Waals surface area (Å²) in [4.78, 5) is 43.4. The van der Waals surface area contributed by atoms with E-state index in [1.54, 1.807) is 11.5 Å². The summed E-state index contributed by atoms with van der Waals surface area (Å²) in [5.74, 6) is -0.587. The minimum Gasteiger partial charge on any atom is -0.354 e. The van der Waals surface area contributed by atoms with Gasteiger partial charge >= 0.3 is 0 Å². The van der Waals surface area contributed by atoms with E-state index in [-0.39, 0.29) is 17.7 Å². The first-order valence-corrected chi connectivity index (χ1v) is 11.4. The minimum absolute atomic E-state index is 0.118. The number of rotatable bonds is 7. The number of aromatic nitrogens is 1. The van der Waals surface area contributed by atoms with E-state index in [0.29, 0.717) is 30.2 Å². The number of anilines is 2. The van der Waals surface area contributed by atoms with Crippen LogP contribution in [0.1, 0.15) is 51.6 Å². The number of likely N-dealkylation sites (N-methyl/N-ethyl adjacent to an activating group) is 1. The van der Waals surface area contributed by atoms with Crippen LogP contribution in [0.5, 0.6) is 0 Å². The zero-order valence-corrected chi connectivity index (χ0v) is 18.7. The highest BCUT2D eigenvalue weighted by atomic mass is 32.1. The maximum absolute atomic E-state index is 12.6. The van der Waals surface area contributed by atoms with Crippen LogP contribution in [-0.4, -0.2) is 34.8 Å². The van der Waals surface area contributed by atoms with Crippen molar-refractivity contribution in [3.63, 3.8) is 0 Å². The molecule has 7 nitrogen and oxygen atoms in total. The lowest BCUT2D eigenvalue weighted by Crippen LogP contribution is -2.59. The van der Waals surface area contributed by atoms with Crippen molar-refractivity contribution in [3.05, 3.63) is 47.5 Å². The third-order valence-electron chi connectivity index (χ3n) is 5.28. The second-order valence-corrected chi connectivity index (χ2v) is 8.41. The molecule has 2 aromatic rings. The Hall–Kier alpha value is -3.00. The zero-order chi connectivity index (χ0) is 22.3. The number of benzene rings is 1. The molecule has 1 saturated carbocycles. The molecular formula is C23H28N4O3S. The molecule has 0 saturated heterocycles. The van der Waals surface area contributed by atoms with Crippen molar-refractivity contribution in [2.75, 3.05) is 11.4 Å². The third-order valence-corrected chi connectivity index (χ3v) is 6.12. The summed E-state index contributed by atoms with van der Waals surface area (Å²) in [7, 11) is 0. The Kier molecular flexibility index (Phi) is 7.57. The van der Waals surface area contributed by atoms with Crippen molar-refractivity contribution >= 4 is 46.0 Å². The average molecular weight is 441 g/mol. The van der Waals surface area contributed by atoms with Gasteiger partial charge in [0.1, 0.15) is 5.54 Å². The van der Waals surface area contributed by atoms with Crippen molar-refractivity contribution in [3.8, 4) is 0 Å². The Labute approximate surface area is 186 Å². The molecule has 0 spiro atoms. The van der Waals surface area contributed by atoms with Gasteiger partial charge in [0, 0.05) is 24.9 Å². The molecule has 8 heteroatoms. The fraction of sp³-hybridized carbons (Fsp3) is 0.391. The zero-order valence-electron chi connectivity index (χ0n) is 17.9. The lowest BCUT2D eigenvalue weighted by Gasteiger charge is -2.36. The molecule has 3 amide bonds. The van der Waals surface area contributed by atoms with Crippen molar-refractivity contribution in [2.45, 2.75) is 51.5 Å². The Morgan fingerprint density at radius 2 is 1.87 bits per heavy atom. The predicted octanol–water partition coefficient (Wildman–Crippen LogP) is 3.80. The number of hydrogen-bond donors (Lipinski definition) is 2. The van der Waals surface area contributed by atoms with Gasteiger partial charge in [-0.15, -0.1) is 11.3 Å². The van der Waals surface area contributed by atoms with Crippen LogP contribution in [0.2, 0.25) is 0 Å². The van der Waals surface area contributed by atoms with Crippen LogP contribution in [0.4, 0.5) is 10.8 Å². The van der Waals surface area contributed by atoms with E-state index in [1.807, 2.05) is 37.3 Å². The highest BCUT2D eigenvalue weighted by Gasteiger charge is 2.40. The van der Waals surface area contributed by atoms with Crippen LogP contribution < -0.4 is 15.5 Å². The molecule has 1 fully saturated rings. The van der Waals surface area contributed by atoms with Gasteiger partial charge in [-0.3, -0.25) is 19.3 Å². The SMILES string of the molecule is CCNC(=O)C1(NC(=O)C=Cc2csc(N(C(C)=O)c3ccccc3)n2)CCCCC1. The highest BCUT2D eigenvalue weighted by Crippen LogP contribution is 2.30. The smallest absolute Gasteiger partial charge is 0.245 e. The second kappa shape index (κ2) is 10.3. The van der Waals surface area contributed by atoms with Gasteiger partial charge in [0.25, 0.3) is 0 Å². The number of carbonyl (C=O) groups is 3. The molecule has 0 unspecified atom stereocenters. The van der Waals surface area contributed by atoms with E-state index in [1.165, 1.54) is 29.2 Å². The van der Waals surface area contributed by atoms with Gasteiger partial charge in [-0.2, -0.15) is 0 Å². The normalized spacial score (nSPS) is 15.4. The van der Waals surface area contributed by atoms with E-state index < -0.39 is 5.54 Å². The van der Waals surface area contributed by atoms with E-state index in [0.717, 1.165) is 24.9 Å².